The predicted molar refractivity (Wildman–Crippen MR) is 77.1 cm³/mol. The van der Waals surface area contributed by atoms with Crippen LogP contribution in [0.25, 0.3) is 0 Å². The molecule has 1 saturated carbocycles. The number of carboxylic acids is 1. The monoisotopic (exact) mass is 315 g/mol. The van der Waals surface area contributed by atoms with E-state index in [1.54, 1.807) is 18.2 Å². The van der Waals surface area contributed by atoms with E-state index in [4.69, 9.17) is 28.3 Å². The highest BCUT2D eigenvalue weighted by molar-refractivity contribution is 6.42. The maximum absolute atomic E-state index is 11.9. The van der Waals surface area contributed by atoms with Gasteiger partial charge in [0.15, 0.2) is 0 Å². The Morgan fingerprint density at radius 1 is 1.25 bits per heavy atom. The minimum atomic E-state index is -0.786. The Morgan fingerprint density at radius 2 is 2.00 bits per heavy atom. The van der Waals surface area contributed by atoms with Gasteiger partial charge in [0.25, 0.3) is 0 Å². The lowest BCUT2D eigenvalue weighted by molar-refractivity contribution is -0.141. The fourth-order valence-corrected chi connectivity index (χ4v) is 2.77. The summed E-state index contributed by atoms with van der Waals surface area (Å²) in [6.07, 6.45) is 2.05. The Labute approximate surface area is 127 Å². The van der Waals surface area contributed by atoms with Crippen molar-refractivity contribution >= 4 is 35.1 Å². The van der Waals surface area contributed by atoms with Crippen LogP contribution in [0, 0.1) is 5.92 Å². The van der Waals surface area contributed by atoms with Gasteiger partial charge >= 0.3 is 5.97 Å². The van der Waals surface area contributed by atoms with Gasteiger partial charge in [0, 0.05) is 6.04 Å². The Balaban J connectivity index is 1.87. The summed E-state index contributed by atoms with van der Waals surface area (Å²) in [7, 11) is 0. The highest BCUT2D eigenvalue weighted by Gasteiger charge is 2.30. The zero-order valence-electron chi connectivity index (χ0n) is 10.7. The summed E-state index contributed by atoms with van der Waals surface area (Å²) in [6.45, 7) is 0. The summed E-state index contributed by atoms with van der Waals surface area (Å²) in [5.41, 5.74) is 0.782. The summed E-state index contributed by atoms with van der Waals surface area (Å²) in [4.78, 5) is 22.8. The molecular formula is C14H15Cl2NO3. The summed E-state index contributed by atoms with van der Waals surface area (Å²) >= 11 is 11.7. The molecular weight excluding hydrogens is 301 g/mol. The van der Waals surface area contributed by atoms with E-state index >= 15 is 0 Å². The zero-order valence-corrected chi connectivity index (χ0v) is 12.2. The number of aliphatic carboxylic acids is 1. The molecule has 2 N–H and O–H groups in total. The minimum absolute atomic E-state index is 0.0497. The van der Waals surface area contributed by atoms with Crippen LogP contribution in [0.1, 0.15) is 24.8 Å². The van der Waals surface area contributed by atoms with E-state index in [0.717, 1.165) is 5.56 Å². The zero-order chi connectivity index (χ0) is 14.7. The van der Waals surface area contributed by atoms with Gasteiger partial charge in [0.05, 0.1) is 22.4 Å². The number of nitrogens with one attached hydrogen (secondary N) is 1. The molecule has 0 radical (unpaired) electrons. The second kappa shape index (κ2) is 6.46. The van der Waals surface area contributed by atoms with E-state index in [9.17, 15) is 9.59 Å². The highest BCUT2D eigenvalue weighted by atomic mass is 35.5. The molecule has 1 amide bonds. The minimum Gasteiger partial charge on any atom is -0.481 e. The van der Waals surface area contributed by atoms with Crippen molar-refractivity contribution in [2.24, 2.45) is 5.92 Å². The van der Waals surface area contributed by atoms with Crippen molar-refractivity contribution < 1.29 is 14.7 Å². The number of halogens is 2. The molecule has 0 unspecified atom stereocenters. The summed E-state index contributed by atoms with van der Waals surface area (Å²) in [5.74, 6) is -1.25. The average molecular weight is 316 g/mol. The van der Waals surface area contributed by atoms with Crippen LogP contribution in [0.5, 0.6) is 0 Å². The molecule has 4 nitrogen and oxygen atoms in total. The molecule has 0 bridgehead atoms. The third-order valence-corrected chi connectivity index (χ3v) is 4.23. The quantitative estimate of drug-likeness (QED) is 0.897. The Bertz CT molecular complexity index is 533. The van der Waals surface area contributed by atoms with E-state index in [2.05, 4.69) is 5.32 Å². The van der Waals surface area contributed by atoms with Crippen molar-refractivity contribution in [3.8, 4) is 0 Å². The first-order chi connectivity index (χ1) is 9.45. The van der Waals surface area contributed by atoms with Gasteiger partial charge in [-0.1, -0.05) is 29.3 Å². The molecule has 0 saturated heterocycles. The topological polar surface area (TPSA) is 66.4 Å². The van der Waals surface area contributed by atoms with Gasteiger partial charge in [-0.3, -0.25) is 9.59 Å². The molecule has 2 rings (SSSR count). The second-order valence-electron chi connectivity index (χ2n) is 5.04. The number of hydrogen-bond acceptors (Lipinski definition) is 2. The summed E-state index contributed by atoms with van der Waals surface area (Å²) in [6, 6.07) is 5.02. The average Bonchev–Trinajstić information content (AvgIpc) is 2.82. The third-order valence-electron chi connectivity index (χ3n) is 3.50. The second-order valence-corrected chi connectivity index (χ2v) is 5.85. The first-order valence-corrected chi connectivity index (χ1v) is 7.17. The molecule has 1 aromatic carbocycles. The highest BCUT2D eigenvalue weighted by Crippen LogP contribution is 2.26. The van der Waals surface area contributed by atoms with Gasteiger partial charge in [-0.2, -0.15) is 0 Å². The van der Waals surface area contributed by atoms with Gasteiger partial charge in [-0.25, -0.2) is 0 Å². The van der Waals surface area contributed by atoms with Gasteiger partial charge in [-0.15, -0.1) is 0 Å². The van der Waals surface area contributed by atoms with Gasteiger partial charge < -0.3 is 10.4 Å². The van der Waals surface area contributed by atoms with Crippen molar-refractivity contribution in [1.82, 2.24) is 5.32 Å². The molecule has 1 aliphatic rings. The molecule has 20 heavy (non-hydrogen) atoms. The normalized spacial score (nSPS) is 21.7. The van der Waals surface area contributed by atoms with Crippen molar-refractivity contribution in [1.29, 1.82) is 0 Å². The maximum atomic E-state index is 11.9. The molecule has 0 aromatic heterocycles. The molecule has 0 heterocycles. The first kappa shape index (κ1) is 15.1. The molecule has 6 heteroatoms. The fraction of sp³-hybridized carbons (Fsp3) is 0.429. The maximum Gasteiger partial charge on any atom is 0.306 e. The van der Waals surface area contributed by atoms with Crippen LogP contribution in [-0.2, 0) is 16.0 Å². The molecule has 108 valence electrons. The predicted octanol–water partition coefficient (Wildman–Crippen LogP) is 2.91. The molecule has 2 atom stereocenters. The van der Waals surface area contributed by atoms with E-state index in [1.807, 2.05) is 0 Å². The number of carboxylic acid groups (broad SMARTS) is 1. The van der Waals surface area contributed by atoms with Gasteiger partial charge in [-0.05, 0) is 37.0 Å². The van der Waals surface area contributed by atoms with E-state index in [-0.39, 0.29) is 24.3 Å². The van der Waals surface area contributed by atoms with Crippen LogP contribution >= 0.6 is 23.2 Å². The van der Waals surface area contributed by atoms with E-state index < -0.39 is 5.97 Å². The first-order valence-electron chi connectivity index (χ1n) is 6.42. The van der Waals surface area contributed by atoms with Gasteiger partial charge in [0.1, 0.15) is 0 Å². The van der Waals surface area contributed by atoms with Crippen molar-refractivity contribution in [2.45, 2.75) is 31.7 Å². The fourth-order valence-electron chi connectivity index (χ4n) is 2.45. The Kier molecular flexibility index (Phi) is 4.89. The molecule has 0 aliphatic heterocycles. The SMILES string of the molecule is O=C(Cc1ccc(Cl)c(Cl)c1)N[C@H]1CC[C@@H](C(=O)O)C1. The molecule has 1 aromatic rings. The van der Waals surface area contributed by atoms with E-state index in [1.165, 1.54) is 0 Å². The molecule has 1 fully saturated rings. The Morgan fingerprint density at radius 3 is 2.60 bits per heavy atom. The number of carbonyl (C=O) groups excluding carboxylic acids is 1. The third kappa shape index (κ3) is 3.87. The molecule has 1 aliphatic carbocycles. The lowest BCUT2D eigenvalue weighted by atomic mass is 10.1. The van der Waals surface area contributed by atoms with Crippen molar-refractivity contribution in [3.63, 3.8) is 0 Å². The van der Waals surface area contributed by atoms with Crippen LogP contribution in [0.2, 0.25) is 10.0 Å². The largest absolute Gasteiger partial charge is 0.481 e. The van der Waals surface area contributed by atoms with Crippen molar-refractivity contribution in [3.05, 3.63) is 33.8 Å². The lowest BCUT2D eigenvalue weighted by Crippen LogP contribution is -2.34. The van der Waals surface area contributed by atoms with Crippen LogP contribution in [0.15, 0.2) is 18.2 Å². The lowest BCUT2D eigenvalue weighted by Gasteiger charge is -2.12. The van der Waals surface area contributed by atoms with Gasteiger partial charge in [0.2, 0.25) is 5.91 Å². The number of benzene rings is 1. The Hall–Kier alpha value is -1.26. The van der Waals surface area contributed by atoms with Crippen molar-refractivity contribution in [2.75, 3.05) is 0 Å². The number of hydrogen-bond donors (Lipinski definition) is 2. The number of amides is 1. The van der Waals surface area contributed by atoms with Crippen LogP contribution < -0.4 is 5.32 Å². The molecule has 0 spiro atoms. The van der Waals surface area contributed by atoms with Crippen LogP contribution in [0.4, 0.5) is 0 Å². The number of carbonyl (C=O) groups is 2. The summed E-state index contributed by atoms with van der Waals surface area (Å²) in [5, 5.41) is 12.7. The smallest absolute Gasteiger partial charge is 0.306 e. The number of rotatable bonds is 4. The standard InChI is InChI=1S/C14H15Cl2NO3/c15-11-4-1-8(5-12(11)16)6-13(18)17-10-3-2-9(7-10)14(19)20/h1,4-5,9-10H,2-3,6-7H2,(H,17,18)(H,19,20)/t9-,10+/m1/s1. The van der Waals surface area contributed by atoms with Crippen LogP contribution in [0.3, 0.4) is 0 Å². The van der Waals surface area contributed by atoms with E-state index in [0.29, 0.717) is 29.3 Å². The summed E-state index contributed by atoms with van der Waals surface area (Å²) < 4.78 is 0. The van der Waals surface area contributed by atoms with Crippen LogP contribution in [-0.4, -0.2) is 23.0 Å².